The average Bonchev–Trinajstić information content (AvgIpc) is 2.41. The molecule has 0 saturated heterocycles. The second kappa shape index (κ2) is 8.43. The lowest BCUT2D eigenvalue weighted by Gasteiger charge is -2.21. The van der Waals surface area contributed by atoms with Crippen molar-refractivity contribution in [2.45, 2.75) is 13.3 Å². The molecular weight excluding hydrogens is 280 g/mol. The summed E-state index contributed by atoms with van der Waals surface area (Å²) in [6.07, 6.45) is 0.224. The highest BCUT2D eigenvalue weighted by Gasteiger charge is 2.09. The van der Waals surface area contributed by atoms with Gasteiger partial charge in [-0.2, -0.15) is 0 Å². The SMILES string of the molecule is COC(=O)NCCN(CCc1cccc(Cl)c1)C(C)=O. The van der Waals surface area contributed by atoms with E-state index in [1.807, 2.05) is 24.3 Å². The molecule has 0 heterocycles. The Morgan fingerprint density at radius 2 is 2.10 bits per heavy atom. The minimum atomic E-state index is -0.497. The van der Waals surface area contributed by atoms with E-state index in [4.69, 9.17) is 11.6 Å². The number of halogens is 1. The van der Waals surface area contributed by atoms with Crippen LogP contribution in [0.5, 0.6) is 0 Å². The van der Waals surface area contributed by atoms with Crippen molar-refractivity contribution in [3.63, 3.8) is 0 Å². The molecule has 0 aromatic heterocycles. The van der Waals surface area contributed by atoms with Gasteiger partial charge in [-0.05, 0) is 24.1 Å². The molecule has 0 atom stereocenters. The van der Waals surface area contributed by atoms with E-state index in [9.17, 15) is 9.59 Å². The van der Waals surface area contributed by atoms with Gasteiger partial charge in [0.1, 0.15) is 0 Å². The number of amides is 2. The zero-order valence-corrected chi connectivity index (χ0v) is 12.4. The van der Waals surface area contributed by atoms with Crippen LogP contribution in [0.2, 0.25) is 5.02 Å². The Hall–Kier alpha value is -1.75. The lowest BCUT2D eigenvalue weighted by Crippen LogP contribution is -2.38. The normalized spacial score (nSPS) is 9.95. The third kappa shape index (κ3) is 5.93. The van der Waals surface area contributed by atoms with E-state index in [2.05, 4.69) is 10.1 Å². The second-order valence-corrected chi connectivity index (χ2v) is 4.74. The number of nitrogens with one attached hydrogen (secondary N) is 1. The molecular formula is C14H19ClN2O3. The first-order valence-corrected chi connectivity index (χ1v) is 6.72. The Labute approximate surface area is 123 Å². The highest BCUT2D eigenvalue weighted by molar-refractivity contribution is 6.30. The van der Waals surface area contributed by atoms with Gasteiger partial charge in [-0.15, -0.1) is 0 Å². The zero-order valence-electron chi connectivity index (χ0n) is 11.7. The Bertz CT molecular complexity index is 465. The van der Waals surface area contributed by atoms with Crippen molar-refractivity contribution in [2.24, 2.45) is 0 Å². The molecule has 1 rings (SSSR count). The standard InChI is InChI=1S/C14H19ClN2O3/c1-11(18)17(9-7-16-14(19)20-2)8-6-12-4-3-5-13(15)10-12/h3-5,10H,6-9H2,1-2H3,(H,16,19). The third-order valence-corrected chi connectivity index (χ3v) is 3.08. The predicted molar refractivity (Wildman–Crippen MR) is 77.8 cm³/mol. The van der Waals surface area contributed by atoms with Crippen LogP contribution in [0.25, 0.3) is 0 Å². The number of hydrogen-bond donors (Lipinski definition) is 1. The minimum Gasteiger partial charge on any atom is -0.453 e. The van der Waals surface area contributed by atoms with Gasteiger partial charge in [-0.3, -0.25) is 4.79 Å². The van der Waals surface area contributed by atoms with Crippen molar-refractivity contribution in [2.75, 3.05) is 26.7 Å². The molecule has 0 unspecified atom stereocenters. The van der Waals surface area contributed by atoms with Crippen molar-refractivity contribution in [3.8, 4) is 0 Å². The summed E-state index contributed by atoms with van der Waals surface area (Å²) in [4.78, 5) is 24.1. The fraction of sp³-hybridized carbons (Fsp3) is 0.429. The number of carbonyl (C=O) groups is 2. The van der Waals surface area contributed by atoms with Crippen LogP contribution in [0.3, 0.4) is 0 Å². The van der Waals surface area contributed by atoms with E-state index in [0.29, 0.717) is 24.7 Å². The maximum atomic E-state index is 11.5. The Balaban J connectivity index is 2.43. The number of alkyl carbamates (subject to hydrolysis) is 1. The molecule has 0 bridgehead atoms. The van der Waals surface area contributed by atoms with Crippen LogP contribution in [-0.2, 0) is 16.0 Å². The highest BCUT2D eigenvalue weighted by atomic mass is 35.5. The van der Waals surface area contributed by atoms with Crippen LogP contribution in [0.4, 0.5) is 4.79 Å². The summed E-state index contributed by atoms with van der Waals surface area (Å²) in [5.41, 5.74) is 1.07. The maximum absolute atomic E-state index is 11.5. The summed E-state index contributed by atoms with van der Waals surface area (Å²) in [6.45, 7) is 2.90. The summed E-state index contributed by atoms with van der Waals surface area (Å²) in [5, 5.41) is 3.23. The molecule has 0 aliphatic heterocycles. The molecule has 110 valence electrons. The number of nitrogens with zero attached hydrogens (tertiary/aromatic N) is 1. The van der Waals surface area contributed by atoms with Crippen molar-refractivity contribution in [1.29, 1.82) is 0 Å². The van der Waals surface area contributed by atoms with E-state index in [1.165, 1.54) is 14.0 Å². The van der Waals surface area contributed by atoms with Gasteiger partial charge in [-0.25, -0.2) is 4.79 Å². The van der Waals surface area contributed by atoms with Crippen molar-refractivity contribution in [1.82, 2.24) is 10.2 Å². The van der Waals surface area contributed by atoms with E-state index in [0.717, 1.165) is 12.0 Å². The number of carbonyl (C=O) groups excluding carboxylic acids is 2. The third-order valence-electron chi connectivity index (χ3n) is 2.84. The number of methoxy groups -OCH3 is 1. The molecule has 0 radical (unpaired) electrons. The molecule has 20 heavy (non-hydrogen) atoms. The highest BCUT2D eigenvalue weighted by Crippen LogP contribution is 2.11. The molecule has 2 amide bonds. The topological polar surface area (TPSA) is 58.6 Å². The van der Waals surface area contributed by atoms with Gasteiger partial charge in [-0.1, -0.05) is 23.7 Å². The lowest BCUT2D eigenvalue weighted by molar-refractivity contribution is -0.128. The summed E-state index contributed by atoms with van der Waals surface area (Å²) in [7, 11) is 1.30. The molecule has 1 N–H and O–H groups in total. The molecule has 6 heteroatoms. The van der Waals surface area contributed by atoms with Crippen molar-refractivity contribution >= 4 is 23.6 Å². The zero-order chi connectivity index (χ0) is 15.0. The fourth-order valence-corrected chi connectivity index (χ4v) is 1.96. The first kappa shape index (κ1) is 16.3. The quantitative estimate of drug-likeness (QED) is 0.875. The number of rotatable bonds is 6. The van der Waals surface area contributed by atoms with Crippen molar-refractivity contribution in [3.05, 3.63) is 34.9 Å². The Kier molecular flexibility index (Phi) is 6.87. The van der Waals surface area contributed by atoms with Crippen LogP contribution >= 0.6 is 11.6 Å². The molecule has 0 fully saturated rings. The molecule has 0 spiro atoms. The van der Waals surface area contributed by atoms with Gasteiger partial charge < -0.3 is 15.0 Å². The largest absolute Gasteiger partial charge is 0.453 e. The monoisotopic (exact) mass is 298 g/mol. The predicted octanol–water partition coefficient (Wildman–Crippen LogP) is 2.09. The molecule has 0 aliphatic rings. The maximum Gasteiger partial charge on any atom is 0.406 e. The lowest BCUT2D eigenvalue weighted by atomic mass is 10.1. The fourth-order valence-electron chi connectivity index (χ4n) is 1.75. The summed E-state index contributed by atoms with van der Waals surface area (Å²) < 4.78 is 4.47. The molecule has 5 nitrogen and oxygen atoms in total. The number of benzene rings is 1. The molecule has 0 saturated carbocycles. The van der Waals surface area contributed by atoms with E-state index < -0.39 is 6.09 Å². The summed E-state index contributed by atoms with van der Waals surface area (Å²) >= 11 is 5.92. The van der Waals surface area contributed by atoms with Crippen LogP contribution in [-0.4, -0.2) is 43.6 Å². The first-order chi connectivity index (χ1) is 9.52. The molecule has 1 aromatic carbocycles. The van der Waals surface area contributed by atoms with E-state index in [-0.39, 0.29) is 5.91 Å². The molecule has 1 aromatic rings. The van der Waals surface area contributed by atoms with Crippen LogP contribution in [0.15, 0.2) is 24.3 Å². The van der Waals surface area contributed by atoms with Crippen molar-refractivity contribution < 1.29 is 14.3 Å². The summed E-state index contributed by atoms with van der Waals surface area (Å²) in [5.74, 6) is -0.0290. The number of hydrogen-bond acceptors (Lipinski definition) is 3. The molecule has 0 aliphatic carbocycles. The Morgan fingerprint density at radius 3 is 2.70 bits per heavy atom. The van der Waals surface area contributed by atoms with Crippen LogP contribution < -0.4 is 5.32 Å². The summed E-state index contributed by atoms with van der Waals surface area (Å²) in [6, 6.07) is 7.55. The number of ether oxygens (including phenoxy) is 1. The van der Waals surface area contributed by atoms with Gasteiger partial charge in [0, 0.05) is 31.6 Å². The minimum absolute atomic E-state index is 0.0290. The van der Waals surface area contributed by atoms with Crippen LogP contribution in [0, 0.1) is 0 Å². The second-order valence-electron chi connectivity index (χ2n) is 4.30. The van der Waals surface area contributed by atoms with Crippen LogP contribution in [0.1, 0.15) is 12.5 Å². The smallest absolute Gasteiger partial charge is 0.406 e. The van der Waals surface area contributed by atoms with Gasteiger partial charge in [0.15, 0.2) is 0 Å². The first-order valence-electron chi connectivity index (χ1n) is 6.34. The van der Waals surface area contributed by atoms with E-state index in [1.54, 1.807) is 4.90 Å². The Morgan fingerprint density at radius 1 is 1.35 bits per heavy atom. The van der Waals surface area contributed by atoms with Gasteiger partial charge in [0.05, 0.1) is 7.11 Å². The van der Waals surface area contributed by atoms with Gasteiger partial charge in [0.2, 0.25) is 5.91 Å². The van der Waals surface area contributed by atoms with E-state index >= 15 is 0 Å². The van der Waals surface area contributed by atoms with Gasteiger partial charge in [0.25, 0.3) is 0 Å². The average molecular weight is 299 g/mol. The van der Waals surface area contributed by atoms with Gasteiger partial charge >= 0.3 is 6.09 Å².